The molecule has 0 aliphatic carbocycles. The average molecular weight is 397 g/mol. The molecule has 1 unspecified atom stereocenters. The van der Waals surface area contributed by atoms with Crippen molar-refractivity contribution in [3.8, 4) is 5.75 Å². The van der Waals surface area contributed by atoms with E-state index in [4.69, 9.17) is 27.9 Å². The minimum Gasteiger partial charge on any atom is -0.492 e. The van der Waals surface area contributed by atoms with Crippen molar-refractivity contribution in [3.63, 3.8) is 0 Å². The third-order valence-corrected chi connectivity index (χ3v) is 5.61. The fraction of sp³-hybridized carbons (Fsp3) is 0.278. The molecular formula is C18H18Cl2N2O2S. The Hall–Kier alpha value is -1.56. The van der Waals surface area contributed by atoms with Gasteiger partial charge in [0.15, 0.2) is 0 Å². The topological polar surface area (TPSA) is 41.6 Å². The molecule has 1 saturated heterocycles. The number of thioether (sulfide) groups is 1. The molecule has 132 valence electrons. The number of carbonyl (C=O) groups excluding carboxylic acids is 1. The minimum atomic E-state index is -0.173. The van der Waals surface area contributed by atoms with Crippen LogP contribution in [0.5, 0.6) is 5.75 Å². The third kappa shape index (κ3) is 4.17. The summed E-state index contributed by atoms with van der Waals surface area (Å²) < 4.78 is 5.57. The maximum atomic E-state index is 12.8. The molecule has 1 aliphatic heterocycles. The number of nitrogens with zero attached hydrogens (tertiary/aromatic N) is 1. The van der Waals surface area contributed by atoms with Crippen LogP contribution in [-0.2, 0) is 0 Å². The molecular weight excluding hydrogens is 379 g/mol. The number of hydrogen-bond acceptors (Lipinski definition) is 3. The van der Waals surface area contributed by atoms with E-state index in [1.165, 1.54) is 0 Å². The normalized spacial score (nSPS) is 16.8. The van der Waals surface area contributed by atoms with Gasteiger partial charge in [0, 0.05) is 27.9 Å². The van der Waals surface area contributed by atoms with Gasteiger partial charge in [-0.15, -0.1) is 11.8 Å². The lowest BCUT2D eigenvalue weighted by Gasteiger charge is -2.25. The van der Waals surface area contributed by atoms with Gasteiger partial charge in [-0.1, -0.05) is 41.4 Å². The first-order chi connectivity index (χ1) is 12.1. The fourth-order valence-electron chi connectivity index (χ4n) is 2.68. The second kappa shape index (κ2) is 8.21. The molecule has 1 aliphatic rings. The number of rotatable bonds is 4. The number of amides is 2. The molecule has 0 radical (unpaired) electrons. The number of halogens is 2. The van der Waals surface area contributed by atoms with Gasteiger partial charge in [0.1, 0.15) is 11.1 Å². The monoisotopic (exact) mass is 396 g/mol. The van der Waals surface area contributed by atoms with Gasteiger partial charge < -0.3 is 15.0 Å². The molecule has 2 aromatic rings. The minimum absolute atomic E-state index is 0.135. The van der Waals surface area contributed by atoms with Gasteiger partial charge in [-0.3, -0.25) is 0 Å². The van der Waals surface area contributed by atoms with Gasteiger partial charge in [-0.2, -0.15) is 0 Å². The number of urea groups is 1. The molecule has 25 heavy (non-hydrogen) atoms. The SMILES string of the molecule is CCOc1ccccc1NC(=O)N1CCSC1c1ccc(Cl)cc1Cl. The highest BCUT2D eigenvalue weighted by molar-refractivity contribution is 7.99. The third-order valence-electron chi connectivity index (χ3n) is 3.81. The summed E-state index contributed by atoms with van der Waals surface area (Å²) in [4.78, 5) is 14.6. The molecule has 0 spiro atoms. The fourth-order valence-corrected chi connectivity index (χ4v) is 4.54. The first-order valence-electron chi connectivity index (χ1n) is 7.96. The summed E-state index contributed by atoms with van der Waals surface area (Å²) in [5.74, 6) is 1.51. The number of para-hydroxylation sites is 2. The summed E-state index contributed by atoms with van der Waals surface area (Å²) in [7, 11) is 0. The molecule has 0 bridgehead atoms. The van der Waals surface area contributed by atoms with Crippen molar-refractivity contribution < 1.29 is 9.53 Å². The molecule has 1 atom stereocenters. The van der Waals surface area contributed by atoms with Crippen LogP contribution in [0.4, 0.5) is 10.5 Å². The number of hydrogen-bond donors (Lipinski definition) is 1. The predicted molar refractivity (Wildman–Crippen MR) is 105 cm³/mol. The van der Waals surface area contributed by atoms with Crippen molar-refractivity contribution in [1.82, 2.24) is 4.90 Å². The largest absolute Gasteiger partial charge is 0.492 e. The van der Waals surface area contributed by atoms with Crippen LogP contribution in [0.2, 0.25) is 10.0 Å². The number of benzene rings is 2. The van der Waals surface area contributed by atoms with E-state index < -0.39 is 0 Å². The van der Waals surface area contributed by atoms with Gasteiger partial charge in [-0.05, 0) is 31.2 Å². The van der Waals surface area contributed by atoms with Crippen molar-refractivity contribution >= 4 is 46.7 Å². The zero-order valence-electron chi connectivity index (χ0n) is 13.7. The number of ether oxygens (including phenoxy) is 1. The Kier molecular flexibility index (Phi) is 5.99. The van der Waals surface area contributed by atoms with E-state index in [9.17, 15) is 4.79 Å². The summed E-state index contributed by atoms with van der Waals surface area (Å²) in [5.41, 5.74) is 1.55. The molecule has 2 amide bonds. The lowest BCUT2D eigenvalue weighted by atomic mass is 10.2. The van der Waals surface area contributed by atoms with Crippen LogP contribution in [0.1, 0.15) is 17.9 Å². The maximum absolute atomic E-state index is 12.8. The van der Waals surface area contributed by atoms with Crippen LogP contribution < -0.4 is 10.1 Å². The molecule has 3 rings (SSSR count). The molecule has 1 heterocycles. The van der Waals surface area contributed by atoms with E-state index in [0.717, 1.165) is 11.3 Å². The van der Waals surface area contributed by atoms with Crippen LogP contribution in [0.15, 0.2) is 42.5 Å². The molecule has 4 nitrogen and oxygen atoms in total. The van der Waals surface area contributed by atoms with E-state index in [1.807, 2.05) is 37.3 Å². The quantitative estimate of drug-likeness (QED) is 0.723. The molecule has 2 aromatic carbocycles. The van der Waals surface area contributed by atoms with E-state index in [0.29, 0.717) is 34.6 Å². The van der Waals surface area contributed by atoms with Crippen molar-refractivity contribution in [3.05, 3.63) is 58.1 Å². The Morgan fingerprint density at radius 3 is 2.88 bits per heavy atom. The van der Waals surface area contributed by atoms with Crippen LogP contribution >= 0.6 is 35.0 Å². The van der Waals surface area contributed by atoms with E-state index >= 15 is 0 Å². The standard InChI is InChI=1S/C18H18Cl2N2O2S/c1-2-24-16-6-4-3-5-15(16)21-18(23)22-9-10-25-17(22)13-8-7-12(19)11-14(13)20/h3-8,11,17H,2,9-10H2,1H3,(H,21,23). The highest BCUT2D eigenvalue weighted by Crippen LogP contribution is 2.42. The second-order valence-electron chi connectivity index (χ2n) is 5.44. The zero-order valence-corrected chi connectivity index (χ0v) is 16.0. The predicted octanol–water partition coefficient (Wildman–Crippen LogP) is 5.67. The smallest absolute Gasteiger partial charge is 0.323 e. The number of anilines is 1. The summed E-state index contributed by atoms with van der Waals surface area (Å²) in [6.07, 6.45) is 0. The van der Waals surface area contributed by atoms with Gasteiger partial charge in [0.2, 0.25) is 0 Å². The highest BCUT2D eigenvalue weighted by Gasteiger charge is 2.32. The van der Waals surface area contributed by atoms with Crippen LogP contribution in [0.25, 0.3) is 0 Å². The van der Waals surface area contributed by atoms with E-state index in [-0.39, 0.29) is 11.4 Å². The van der Waals surface area contributed by atoms with Crippen molar-refractivity contribution in [1.29, 1.82) is 0 Å². The molecule has 7 heteroatoms. The Morgan fingerprint density at radius 1 is 1.32 bits per heavy atom. The van der Waals surface area contributed by atoms with Crippen molar-refractivity contribution in [2.75, 3.05) is 24.2 Å². The zero-order chi connectivity index (χ0) is 17.8. The van der Waals surface area contributed by atoms with Crippen LogP contribution in [0.3, 0.4) is 0 Å². The Balaban J connectivity index is 1.79. The molecule has 0 saturated carbocycles. The first-order valence-corrected chi connectivity index (χ1v) is 9.76. The summed E-state index contributed by atoms with van der Waals surface area (Å²) in [5, 5.41) is 3.96. The van der Waals surface area contributed by atoms with Gasteiger partial charge in [0.05, 0.1) is 12.3 Å². The second-order valence-corrected chi connectivity index (χ2v) is 7.47. The van der Waals surface area contributed by atoms with Crippen LogP contribution in [0, 0.1) is 0 Å². The summed E-state index contributed by atoms with van der Waals surface area (Å²) in [6, 6.07) is 12.6. The molecule has 1 fully saturated rings. The van der Waals surface area contributed by atoms with Crippen molar-refractivity contribution in [2.24, 2.45) is 0 Å². The Labute approximate surface area is 161 Å². The summed E-state index contributed by atoms with van der Waals surface area (Å²) >= 11 is 14.0. The van der Waals surface area contributed by atoms with Gasteiger partial charge in [-0.25, -0.2) is 4.79 Å². The van der Waals surface area contributed by atoms with Gasteiger partial charge >= 0.3 is 6.03 Å². The van der Waals surface area contributed by atoms with Crippen molar-refractivity contribution in [2.45, 2.75) is 12.3 Å². The highest BCUT2D eigenvalue weighted by atomic mass is 35.5. The molecule has 1 N–H and O–H groups in total. The number of carbonyl (C=O) groups is 1. The van der Waals surface area contributed by atoms with E-state index in [2.05, 4.69) is 5.32 Å². The van der Waals surface area contributed by atoms with Gasteiger partial charge in [0.25, 0.3) is 0 Å². The Morgan fingerprint density at radius 2 is 2.12 bits per heavy atom. The lowest BCUT2D eigenvalue weighted by Crippen LogP contribution is -2.34. The van der Waals surface area contributed by atoms with E-state index in [1.54, 1.807) is 28.8 Å². The lowest BCUT2D eigenvalue weighted by molar-refractivity contribution is 0.214. The Bertz CT molecular complexity index is 772. The van der Waals surface area contributed by atoms with Crippen LogP contribution in [-0.4, -0.2) is 29.8 Å². The summed E-state index contributed by atoms with van der Waals surface area (Å²) in [6.45, 7) is 3.10. The molecule has 0 aromatic heterocycles. The average Bonchev–Trinajstić information content (AvgIpc) is 3.06. The maximum Gasteiger partial charge on any atom is 0.323 e. The first kappa shape index (κ1) is 18.2. The number of nitrogens with one attached hydrogen (secondary N) is 1.